The molecule has 3 aromatic heterocycles. The summed E-state index contributed by atoms with van der Waals surface area (Å²) in [5.41, 5.74) is 9.18. The van der Waals surface area contributed by atoms with Gasteiger partial charge in [0.1, 0.15) is 5.82 Å². The summed E-state index contributed by atoms with van der Waals surface area (Å²) in [6.45, 7) is 1.83. The second-order valence-electron chi connectivity index (χ2n) is 7.49. The maximum atomic E-state index is 6.44. The van der Waals surface area contributed by atoms with Crippen LogP contribution in [0.1, 0.15) is 12.8 Å². The van der Waals surface area contributed by atoms with Crippen molar-refractivity contribution < 1.29 is 0 Å². The number of halogens is 1. The number of H-pyrrole nitrogens is 1. The molecule has 1 aromatic carbocycles. The molecule has 0 saturated carbocycles. The van der Waals surface area contributed by atoms with Gasteiger partial charge in [0.25, 0.3) is 0 Å². The number of nitrogen functional groups attached to an aromatic ring is 1. The summed E-state index contributed by atoms with van der Waals surface area (Å²) in [5.74, 6) is 1.57. The van der Waals surface area contributed by atoms with E-state index >= 15 is 0 Å². The van der Waals surface area contributed by atoms with Crippen molar-refractivity contribution in [2.24, 2.45) is 0 Å². The molecule has 8 heteroatoms. The first kappa shape index (κ1) is 18.7. The number of rotatable bonds is 4. The molecule has 0 bridgehead atoms. The maximum Gasteiger partial charge on any atom is 0.223 e. The van der Waals surface area contributed by atoms with Gasteiger partial charge in [-0.25, -0.2) is 15.0 Å². The number of nitrogens with zero attached hydrogens (tertiary/aromatic N) is 4. The quantitative estimate of drug-likeness (QED) is 0.455. The Morgan fingerprint density at radius 1 is 1.07 bits per heavy atom. The van der Waals surface area contributed by atoms with Crippen molar-refractivity contribution >= 4 is 40.0 Å². The second-order valence-corrected chi connectivity index (χ2v) is 7.90. The summed E-state index contributed by atoms with van der Waals surface area (Å²) in [6, 6.07) is 12.3. The summed E-state index contributed by atoms with van der Waals surface area (Å²) in [7, 11) is 0. The van der Waals surface area contributed by atoms with Crippen molar-refractivity contribution in [3.05, 3.63) is 60.0 Å². The van der Waals surface area contributed by atoms with Crippen LogP contribution < -0.4 is 16.0 Å². The summed E-state index contributed by atoms with van der Waals surface area (Å²) in [5, 5.41) is 5.11. The largest absolute Gasteiger partial charge is 0.397 e. The van der Waals surface area contributed by atoms with E-state index in [2.05, 4.69) is 31.2 Å². The number of benzene rings is 1. The molecule has 7 nitrogen and oxygen atoms in total. The molecule has 152 valence electrons. The van der Waals surface area contributed by atoms with Crippen LogP contribution in [-0.2, 0) is 0 Å². The van der Waals surface area contributed by atoms with E-state index in [9.17, 15) is 0 Å². The Hall–Kier alpha value is -3.32. The highest BCUT2D eigenvalue weighted by molar-refractivity contribution is 6.33. The molecule has 0 amide bonds. The Balaban J connectivity index is 1.30. The molecule has 0 aliphatic carbocycles. The topological polar surface area (TPSA) is 95.8 Å². The van der Waals surface area contributed by atoms with Gasteiger partial charge < -0.3 is 20.9 Å². The van der Waals surface area contributed by atoms with Gasteiger partial charge in [0.15, 0.2) is 0 Å². The molecule has 4 N–H and O–H groups in total. The van der Waals surface area contributed by atoms with Crippen LogP contribution in [0, 0.1) is 0 Å². The lowest BCUT2D eigenvalue weighted by Gasteiger charge is -2.33. The number of anilines is 3. The Morgan fingerprint density at radius 3 is 2.70 bits per heavy atom. The zero-order valence-corrected chi connectivity index (χ0v) is 17.1. The van der Waals surface area contributed by atoms with E-state index in [4.69, 9.17) is 22.3 Å². The number of nitrogens with one attached hydrogen (secondary N) is 2. The molecule has 0 radical (unpaired) electrons. The molecule has 30 heavy (non-hydrogen) atoms. The van der Waals surface area contributed by atoms with Gasteiger partial charge >= 0.3 is 0 Å². The van der Waals surface area contributed by atoms with Crippen molar-refractivity contribution in [2.75, 3.05) is 29.0 Å². The Kier molecular flexibility index (Phi) is 4.88. The van der Waals surface area contributed by atoms with E-state index in [-0.39, 0.29) is 0 Å². The smallest absolute Gasteiger partial charge is 0.223 e. The molecule has 0 spiro atoms. The van der Waals surface area contributed by atoms with Crippen LogP contribution in [-0.4, -0.2) is 39.1 Å². The zero-order chi connectivity index (χ0) is 20.5. The minimum absolute atomic E-state index is 0.298. The monoisotopic (exact) mass is 419 g/mol. The van der Waals surface area contributed by atoms with Crippen LogP contribution in [0.3, 0.4) is 0 Å². The van der Waals surface area contributed by atoms with Gasteiger partial charge in [0, 0.05) is 41.8 Å². The van der Waals surface area contributed by atoms with E-state index in [1.807, 2.05) is 36.5 Å². The number of fused-ring (bicyclic) bond motifs is 1. The molecular formula is C22H22ClN7. The maximum absolute atomic E-state index is 6.44. The van der Waals surface area contributed by atoms with Crippen molar-refractivity contribution in [3.8, 4) is 11.3 Å². The molecule has 5 rings (SSSR count). The van der Waals surface area contributed by atoms with Crippen molar-refractivity contribution in [3.63, 3.8) is 0 Å². The van der Waals surface area contributed by atoms with E-state index < -0.39 is 0 Å². The molecule has 1 fully saturated rings. The van der Waals surface area contributed by atoms with Crippen LogP contribution in [0.5, 0.6) is 0 Å². The fraction of sp³-hybridized carbons (Fsp3) is 0.227. The van der Waals surface area contributed by atoms with Gasteiger partial charge in [-0.3, -0.25) is 0 Å². The molecule has 0 atom stereocenters. The zero-order valence-electron chi connectivity index (χ0n) is 16.3. The number of hydrogen-bond donors (Lipinski definition) is 3. The number of hydrogen-bond acceptors (Lipinski definition) is 6. The average Bonchev–Trinajstić information content (AvgIpc) is 3.20. The standard InChI is InChI=1S/C22H22ClN7/c23-18-13-27-22(29-21(18)17-12-25-19-4-2-1-3-16(17)19)28-15-7-9-30(10-8-15)20-6-5-14(24)11-26-20/h1-6,11-13,15,25H,7-10,24H2,(H,27,28,29). The Morgan fingerprint density at radius 2 is 1.90 bits per heavy atom. The third kappa shape index (κ3) is 3.64. The van der Waals surface area contributed by atoms with Crippen LogP contribution in [0.25, 0.3) is 22.2 Å². The van der Waals surface area contributed by atoms with Crippen LogP contribution >= 0.6 is 11.6 Å². The van der Waals surface area contributed by atoms with E-state index in [0.29, 0.717) is 22.7 Å². The van der Waals surface area contributed by atoms with Gasteiger partial charge in [-0.05, 0) is 31.0 Å². The molecule has 1 aliphatic rings. The summed E-state index contributed by atoms with van der Waals surface area (Å²) < 4.78 is 0. The number of aromatic amines is 1. The predicted molar refractivity (Wildman–Crippen MR) is 122 cm³/mol. The average molecular weight is 420 g/mol. The highest BCUT2D eigenvalue weighted by atomic mass is 35.5. The van der Waals surface area contributed by atoms with Crippen LogP contribution in [0.2, 0.25) is 5.02 Å². The van der Waals surface area contributed by atoms with E-state index in [0.717, 1.165) is 53.9 Å². The van der Waals surface area contributed by atoms with Gasteiger partial charge in [0.2, 0.25) is 5.95 Å². The van der Waals surface area contributed by atoms with Gasteiger partial charge in [-0.15, -0.1) is 0 Å². The minimum atomic E-state index is 0.298. The fourth-order valence-electron chi connectivity index (χ4n) is 3.91. The van der Waals surface area contributed by atoms with Crippen molar-refractivity contribution in [1.82, 2.24) is 19.9 Å². The van der Waals surface area contributed by atoms with Gasteiger partial charge in [-0.1, -0.05) is 29.8 Å². The fourth-order valence-corrected chi connectivity index (χ4v) is 4.11. The summed E-state index contributed by atoms with van der Waals surface area (Å²) >= 11 is 6.44. The number of pyridine rings is 1. The number of nitrogens with two attached hydrogens (primary N) is 1. The minimum Gasteiger partial charge on any atom is -0.397 e. The van der Waals surface area contributed by atoms with Crippen LogP contribution in [0.15, 0.2) is 55.0 Å². The summed E-state index contributed by atoms with van der Waals surface area (Å²) in [4.78, 5) is 19.1. The normalized spacial score (nSPS) is 14.9. The van der Waals surface area contributed by atoms with E-state index in [1.165, 1.54) is 0 Å². The SMILES string of the molecule is Nc1ccc(N2CCC(Nc3ncc(Cl)c(-c4c[nH]c5ccccc45)n3)CC2)nc1. The first-order valence-electron chi connectivity index (χ1n) is 9.99. The highest BCUT2D eigenvalue weighted by Crippen LogP contribution is 2.32. The summed E-state index contributed by atoms with van der Waals surface area (Å²) in [6.07, 6.45) is 7.26. The number of para-hydroxylation sites is 1. The van der Waals surface area contributed by atoms with Crippen LogP contribution in [0.4, 0.5) is 17.5 Å². The van der Waals surface area contributed by atoms with Crippen molar-refractivity contribution in [1.29, 1.82) is 0 Å². The predicted octanol–water partition coefficient (Wildman–Crippen LogP) is 4.34. The lowest BCUT2D eigenvalue weighted by atomic mass is 10.1. The molecule has 4 heterocycles. The molecular weight excluding hydrogens is 398 g/mol. The van der Waals surface area contributed by atoms with Crippen molar-refractivity contribution in [2.45, 2.75) is 18.9 Å². The molecule has 1 saturated heterocycles. The second kappa shape index (κ2) is 7.84. The lowest BCUT2D eigenvalue weighted by Crippen LogP contribution is -2.39. The molecule has 0 unspecified atom stereocenters. The lowest BCUT2D eigenvalue weighted by molar-refractivity contribution is 0.521. The third-order valence-corrected chi connectivity index (χ3v) is 5.79. The number of piperidine rings is 1. The first-order chi connectivity index (χ1) is 14.7. The molecule has 4 aromatic rings. The first-order valence-corrected chi connectivity index (χ1v) is 10.4. The van der Waals surface area contributed by atoms with Gasteiger partial charge in [0.05, 0.1) is 28.8 Å². The third-order valence-electron chi connectivity index (χ3n) is 5.51. The Labute approximate surface area is 179 Å². The van der Waals surface area contributed by atoms with E-state index in [1.54, 1.807) is 12.4 Å². The van der Waals surface area contributed by atoms with Gasteiger partial charge in [-0.2, -0.15) is 0 Å². The highest BCUT2D eigenvalue weighted by Gasteiger charge is 2.21. The molecule has 1 aliphatic heterocycles. The number of aromatic nitrogens is 4. The Bertz CT molecular complexity index is 1160.